The van der Waals surface area contributed by atoms with Crippen molar-refractivity contribution in [1.29, 1.82) is 0 Å². The fraction of sp³-hybridized carbons (Fsp3) is 0.500. The van der Waals surface area contributed by atoms with Crippen LogP contribution >= 0.6 is 11.8 Å². The van der Waals surface area contributed by atoms with E-state index in [4.69, 9.17) is 4.74 Å². The van der Waals surface area contributed by atoms with Crippen LogP contribution in [0, 0.1) is 0 Å². The van der Waals surface area contributed by atoms with E-state index in [2.05, 4.69) is 5.10 Å². The lowest BCUT2D eigenvalue weighted by Gasteiger charge is -2.25. The van der Waals surface area contributed by atoms with Crippen LogP contribution in [0.4, 0.5) is 0 Å². The fourth-order valence-electron chi connectivity index (χ4n) is 2.52. The van der Waals surface area contributed by atoms with Gasteiger partial charge in [-0.1, -0.05) is 0 Å². The predicted octanol–water partition coefficient (Wildman–Crippen LogP) is -0.203. The fourth-order valence-corrected chi connectivity index (χ4v) is 5.09. The van der Waals surface area contributed by atoms with Gasteiger partial charge in [0.15, 0.2) is 5.65 Å². The minimum atomic E-state index is -3.66. The van der Waals surface area contributed by atoms with Crippen LogP contribution in [0.25, 0.3) is 5.65 Å². The molecule has 3 heterocycles. The summed E-state index contributed by atoms with van der Waals surface area (Å²) in [6.45, 7) is 2.45. The molecule has 2 aromatic heterocycles. The Labute approximate surface area is 148 Å². The van der Waals surface area contributed by atoms with Crippen LogP contribution in [-0.2, 0) is 26.1 Å². The second-order valence-corrected chi connectivity index (χ2v) is 8.52. The number of sulfonamides is 1. The second kappa shape index (κ2) is 7.18. The van der Waals surface area contributed by atoms with Crippen molar-refractivity contribution < 1.29 is 17.9 Å². The van der Waals surface area contributed by atoms with E-state index in [1.807, 2.05) is 0 Å². The molecule has 0 bridgehead atoms. The highest BCUT2D eigenvalue weighted by atomic mass is 32.2. The Morgan fingerprint density at radius 3 is 2.72 bits per heavy atom. The molecule has 0 N–H and O–H groups in total. The Bertz CT molecular complexity index is 944. The number of hydrogen-bond acceptors (Lipinski definition) is 7. The van der Waals surface area contributed by atoms with E-state index in [9.17, 15) is 18.0 Å². The summed E-state index contributed by atoms with van der Waals surface area (Å²) >= 11 is 1.71. The first-order valence-electron chi connectivity index (χ1n) is 7.76. The van der Waals surface area contributed by atoms with Crippen molar-refractivity contribution in [2.24, 2.45) is 0 Å². The molecule has 1 aliphatic rings. The summed E-state index contributed by atoms with van der Waals surface area (Å²) < 4.78 is 33.7. The van der Waals surface area contributed by atoms with E-state index in [1.54, 1.807) is 18.7 Å². The summed E-state index contributed by atoms with van der Waals surface area (Å²) in [5, 5.41) is 4.02. The molecule has 0 amide bonds. The number of thioether (sulfide) groups is 1. The minimum absolute atomic E-state index is 0.0321. The molecule has 1 fully saturated rings. The highest BCUT2D eigenvalue weighted by Gasteiger charge is 2.27. The van der Waals surface area contributed by atoms with Crippen LogP contribution in [0.15, 0.2) is 28.0 Å². The van der Waals surface area contributed by atoms with Gasteiger partial charge in [0, 0.05) is 30.8 Å². The summed E-state index contributed by atoms with van der Waals surface area (Å²) in [4.78, 5) is 23.9. The predicted molar refractivity (Wildman–Crippen MR) is 92.2 cm³/mol. The first-order chi connectivity index (χ1) is 11.9. The van der Waals surface area contributed by atoms with Crippen LogP contribution < -0.4 is 5.69 Å². The lowest BCUT2D eigenvalue weighted by Crippen LogP contribution is -2.38. The Morgan fingerprint density at radius 2 is 2.04 bits per heavy atom. The first kappa shape index (κ1) is 18.0. The van der Waals surface area contributed by atoms with Gasteiger partial charge in [-0.05, 0) is 19.1 Å². The average molecular weight is 386 g/mol. The molecule has 1 saturated heterocycles. The van der Waals surface area contributed by atoms with Crippen LogP contribution in [0.3, 0.4) is 0 Å². The molecule has 2 aromatic rings. The number of carbonyl (C=O) groups is 1. The van der Waals surface area contributed by atoms with Crippen molar-refractivity contribution >= 4 is 33.4 Å². The van der Waals surface area contributed by atoms with Crippen LogP contribution in [0.5, 0.6) is 0 Å². The SMILES string of the molecule is CCOC(=O)Cn1nc2ccc(S(=O)(=O)N3CCSCC3)cn2c1=O. The maximum absolute atomic E-state index is 12.7. The number of carbonyl (C=O) groups excluding carboxylic acids is 1. The smallest absolute Gasteiger partial charge is 0.350 e. The summed E-state index contributed by atoms with van der Waals surface area (Å²) in [7, 11) is -3.66. The number of hydrogen-bond donors (Lipinski definition) is 0. The Kier molecular flexibility index (Phi) is 5.16. The topological polar surface area (TPSA) is 103 Å². The number of ether oxygens (including phenoxy) is 1. The van der Waals surface area contributed by atoms with Gasteiger partial charge in [-0.25, -0.2) is 22.3 Å². The largest absolute Gasteiger partial charge is 0.465 e. The number of aromatic nitrogens is 3. The van der Waals surface area contributed by atoms with E-state index < -0.39 is 21.7 Å². The number of nitrogens with zero attached hydrogens (tertiary/aromatic N) is 4. The van der Waals surface area contributed by atoms with Gasteiger partial charge in [-0.3, -0.25) is 4.79 Å². The molecular formula is C14H18N4O5S2. The molecule has 9 nitrogen and oxygen atoms in total. The molecule has 1 aliphatic heterocycles. The zero-order chi connectivity index (χ0) is 18.0. The van der Waals surface area contributed by atoms with Crippen molar-refractivity contribution in [2.75, 3.05) is 31.2 Å². The molecule has 0 spiro atoms. The molecule has 136 valence electrons. The van der Waals surface area contributed by atoms with E-state index >= 15 is 0 Å². The van der Waals surface area contributed by atoms with Crippen molar-refractivity contribution in [3.8, 4) is 0 Å². The van der Waals surface area contributed by atoms with Gasteiger partial charge >= 0.3 is 11.7 Å². The highest BCUT2D eigenvalue weighted by Crippen LogP contribution is 2.20. The van der Waals surface area contributed by atoms with E-state index in [-0.39, 0.29) is 23.7 Å². The third-order valence-electron chi connectivity index (χ3n) is 3.74. The van der Waals surface area contributed by atoms with Crippen LogP contribution in [-0.4, -0.2) is 64.1 Å². The lowest BCUT2D eigenvalue weighted by molar-refractivity contribution is -0.144. The summed E-state index contributed by atoms with van der Waals surface area (Å²) in [5.41, 5.74) is -0.322. The first-order valence-corrected chi connectivity index (χ1v) is 10.4. The molecule has 11 heteroatoms. The number of fused-ring (bicyclic) bond motifs is 1. The van der Waals surface area contributed by atoms with E-state index in [0.717, 1.165) is 20.6 Å². The number of esters is 1. The standard InChI is InChI=1S/C14H18N4O5S2/c1-2-23-13(19)10-18-14(20)17-9-11(3-4-12(17)15-18)25(21,22)16-5-7-24-8-6-16/h3-4,9H,2,5-8,10H2,1H3. The minimum Gasteiger partial charge on any atom is -0.465 e. The summed E-state index contributed by atoms with van der Waals surface area (Å²) in [6.07, 6.45) is 1.25. The van der Waals surface area contributed by atoms with Crippen molar-refractivity contribution in [1.82, 2.24) is 18.5 Å². The Hall–Kier alpha value is -1.85. The third-order valence-corrected chi connectivity index (χ3v) is 6.57. The molecule has 25 heavy (non-hydrogen) atoms. The van der Waals surface area contributed by atoms with Gasteiger partial charge in [-0.15, -0.1) is 5.10 Å². The molecule has 0 unspecified atom stereocenters. The average Bonchev–Trinajstić information content (AvgIpc) is 2.91. The second-order valence-electron chi connectivity index (χ2n) is 5.35. The Balaban J connectivity index is 1.95. The summed E-state index contributed by atoms with van der Waals surface area (Å²) in [5.74, 6) is 0.921. The molecule has 0 radical (unpaired) electrons. The van der Waals surface area contributed by atoms with Crippen LogP contribution in [0.1, 0.15) is 6.92 Å². The zero-order valence-electron chi connectivity index (χ0n) is 13.6. The third kappa shape index (κ3) is 3.58. The normalized spacial score (nSPS) is 16.2. The number of pyridine rings is 1. The van der Waals surface area contributed by atoms with E-state index in [0.29, 0.717) is 13.1 Å². The van der Waals surface area contributed by atoms with Gasteiger partial charge in [0.25, 0.3) is 0 Å². The molecule has 0 aliphatic carbocycles. The van der Waals surface area contributed by atoms with Crippen molar-refractivity contribution in [3.63, 3.8) is 0 Å². The molecule has 3 rings (SSSR count). The van der Waals surface area contributed by atoms with Gasteiger partial charge in [0.2, 0.25) is 10.0 Å². The zero-order valence-corrected chi connectivity index (χ0v) is 15.3. The summed E-state index contributed by atoms with van der Waals surface area (Å²) in [6, 6.07) is 2.88. The molecular weight excluding hydrogens is 368 g/mol. The monoisotopic (exact) mass is 386 g/mol. The Morgan fingerprint density at radius 1 is 1.32 bits per heavy atom. The molecule has 0 aromatic carbocycles. The maximum Gasteiger partial charge on any atom is 0.350 e. The highest BCUT2D eigenvalue weighted by molar-refractivity contribution is 7.99. The van der Waals surface area contributed by atoms with Gasteiger partial charge in [0.05, 0.1) is 11.5 Å². The van der Waals surface area contributed by atoms with Gasteiger partial charge in [0.1, 0.15) is 6.54 Å². The van der Waals surface area contributed by atoms with Crippen molar-refractivity contribution in [2.45, 2.75) is 18.4 Å². The molecule has 0 saturated carbocycles. The van der Waals surface area contributed by atoms with Gasteiger partial charge < -0.3 is 4.74 Å². The molecule has 0 atom stereocenters. The number of rotatable bonds is 5. The maximum atomic E-state index is 12.7. The van der Waals surface area contributed by atoms with Crippen molar-refractivity contribution in [3.05, 3.63) is 28.8 Å². The van der Waals surface area contributed by atoms with E-state index in [1.165, 1.54) is 22.6 Å². The van der Waals surface area contributed by atoms with Crippen LogP contribution in [0.2, 0.25) is 0 Å². The lowest BCUT2D eigenvalue weighted by atomic mass is 10.5. The quantitative estimate of drug-likeness (QED) is 0.656. The van der Waals surface area contributed by atoms with Gasteiger partial charge in [-0.2, -0.15) is 16.1 Å².